The molecule has 0 bridgehead atoms. The molecule has 0 aliphatic carbocycles. The van der Waals surface area contributed by atoms with Gasteiger partial charge in [-0.2, -0.15) is 0 Å². The highest BCUT2D eigenvalue weighted by Gasteiger charge is 2.13. The minimum absolute atomic E-state index is 0.183. The average molecular weight is 143 g/mol. The van der Waals surface area contributed by atoms with Crippen molar-refractivity contribution in [2.24, 2.45) is 10.9 Å². The summed E-state index contributed by atoms with van der Waals surface area (Å²) in [6.07, 6.45) is -0.183. The second-order valence-electron chi connectivity index (χ2n) is 2.00. The standard InChI is InChI=1S/C6H9NO3/c1-4(3-5(8)9)6(10)7-2/h4H,2-3H2,1H3,(H,8,9). The quantitative estimate of drug-likeness (QED) is 0.578. The lowest BCUT2D eigenvalue weighted by atomic mass is 10.1. The van der Waals surface area contributed by atoms with E-state index in [2.05, 4.69) is 11.7 Å². The van der Waals surface area contributed by atoms with Crippen LogP contribution in [0.25, 0.3) is 0 Å². The summed E-state index contributed by atoms with van der Waals surface area (Å²) in [7, 11) is 0. The lowest BCUT2D eigenvalue weighted by Gasteiger charge is -2.00. The molecule has 1 amide bonds. The zero-order valence-electron chi connectivity index (χ0n) is 5.70. The fourth-order valence-electron chi connectivity index (χ4n) is 0.505. The predicted molar refractivity (Wildman–Crippen MR) is 36.0 cm³/mol. The van der Waals surface area contributed by atoms with Crippen molar-refractivity contribution in [2.75, 3.05) is 0 Å². The van der Waals surface area contributed by atoms with Crippen LogP contribution in [0, 0.1) is 5.92 Å². The Morgan fingerprint density at radius 1 is 1.70 bits per heavy atom. The third-order valence-electron chi connectivity index (χ3n) is 1.06. The Morgan fingerprint density at radius 2 is 2.20 bits per heavy atom. The molecule has 4 nitrogen and oxygen atoms in total. The van der Waals surface area contributed by atoms with Crippen LogP contribution >= 0.6 is 0 Å². The average Bonchev–Trinajstić information content (AvgIpc) is 1.85. The van der Waals surface area contributed by atoms with Crippen molar-refractivity contribution < 1.29 is 14.7 Å². The van der Waals surface area contributed by atoms with Gasteiger partial charge in [0.1, 0.15) is 0 Å². The van der Waals surface area contributed by atoms with Crippen LogP contribution < -0.4 is 0 Å². The van der Waals surface area contributed by atoms with Crippen LogP contribution in [-0.2, 0) is 9.59 Å². The van der Waals surface area contributed by atoms with Crippen molar-refractivity contribution in [1.29, 1.82) is 0 Å². The van der Waals surface area contributed by atoms with Crippen molar-refractivity contribution in [1.82, 2.24) is 0 Å². The molecule has 0 saturated carbocycles. The summed E-state index contributed by atoms with van der Waals surface area (Å²) in [5.41, 5.74) is 0. The van der Waals surface area contributed by atoms with Crippen LogP contribution in [0.1, 0.15) is 13.3 Å². The topological polar surface area (TPSA) is 66.7 Å². The zero-order chi connectivity index (χ0) is 8.15. The van der Waals surface area contributed by atoms with E-state index in [4.69, 9.17) is 5.11 Å². The smallest absolute Gasteiger partial charge is 0.304 e. The summed E-state index contributed by atoms with van der Waals surface area (Å²) in [5.74, 6) is -2.03. The first-order chi connectivity index (χ1) is 4.57. The molecule has 10 heavy (non-hydrogen) atoms. The zero-order valence-corrected chi connectivity index (χ0v) is 5.70. The van der Waals surface area contributed by atoms with E-state index in [9.17, 15) is 9.59 Å². The third-order valence-corrected chi connectivity index (χ3v) is 1.06. The van der Waals surface area contributed by atoms with Crippen LogP contribution in [0.3, 0.4) is 0 Å². The molecule has 1 N–H and O–H groups in total. The number of aliphatic imine (C=N–C) groups is 1. The van der Waals surface area contributed by atoms with Gasteiger partial charge in [0.05, 0.1) is 6.42 Å². The Kier molecular flexibility index (Phi) is 3.32. The summed E-state index contributed by atoms with van der Waals surface area (Å²) < 4.78 is 0. The van der Waals surface area contributed by atoms with Gasteiger partial charge in [0.25, 0.3) is 0 Å². The molecule has 0 heterocycles. The highest BCUT2D eigenvalue weighted by Crippen LogP contribution is 2.02. The van der Waals surface area contributed by atoms with Gasteiger partial charge >= 0.3 is 5.97 Å². The molecular formula is C6H9NO3. The van der Waals surface area contributed by atoms with E-state index in [-0.39, 0.29) is 6.42 Å². The minimum atomic E-state index is -0.996. The fourth-order valence-corrected chi connectivity index (χ4v) is 0.505. The number of carbonyl (C=O) groups is 2. The molecule has 0 saturated heterocycles. The maximum Gasteiger partial charge on any atom is 0.304 e. The normalized spacial score (nSPS) is 12.1. The van der Waals surface area contributed by atoms with E-state index in [0.717, 1.165) is 0 Å². The molecule has 0 radical (unpaired) electrons. The second kappa shape index (κ2) is 3.76. The molecule has 1 atom stereocenters. The van der Waals surface area contributed by atoms with Gasteiger partial charge in [-0.25, -0.2) is 4.99 Å². The maximum atomic E-state index is 10.6. The first-order valence-electron chi connectivity index (χ1n) is 2.80. The molecule has 0 aromatic rings. The SMILES string of the molecule is C=NC(=O)C(C)CC(=O)O. The monoisotopic (exact) mass is 143 g/mol. The first-order valence-corrected chi connectivity index (χ1v) is 2.80. The number of carbonyl (C=O) groups excluding carboxylic acids is 1. The first kappa shape index (κ1) is 8.81. The summed E-state index contributed by atoms with van der Waals surface area (Å²) in [6, 6.07) is 0. The summed E-state index contributed by atoms with van der Waals surface area (Å²) in [6.45, 7) is 4.50. The molecule has 0 spiro atoms. The Labute approximate surface area is 58.6 Å². The molecule has 0 rings (SSSR count). The number of hydrogen-bond acceptors (Lipinski definition) is 2. The number of hydrogen-bond donors (Lipinski definition) is 1. The van der Waals surface area contributed by atoms with Gasteiger partial charge in [-0.1, -0.05) is 6.92 Å². The van der Waals surface area contributed by atoms with Crippen LogP contribution in [0.15, 0.2) is 4.99 Å². The van der Waals surface area contributed by atoms with E-state index in [1.807, 2.05) is 0 Å². The van der Waals surface area contributed by atoms with Gasteiger partial charge in [0, 0.05) is 5.92 Å². The molecular weight excluding hydrogens is 134 g/mol. The summed E-state index contributed by atoms with van der Waals surface area (Å²) in [5, 5.41) is 8.21. The van der Waals surface area contributed by atoms with Gasteiger partial charge in [-0.15, -0.1) is 0 Å². The number of carboxylic acids is 1. The van der Waals surface area contributed by atoms with E-state index in [0.29, 0.717) is 0 Å². The molecule has 0 aliphatic heterocycles. The van der Waals surface area contributed by atoms with Crippen LogP contribution in [0.2, 0.25) is 0 Å². The van der Waals surface area contributed by atoms with E-state index < -0.39 is 17.8 Å². The molecule has 0 fully saturated rings. The lowest BCUT2D eigenvalue weighted by Crippen LogP contribution is -2.12. The number of carboxylic acid groups (broad SMARTS) is 1. The Morgan fingerprint density at radius 3 is 2.50 bits per heavy atom. The number of rotatable bonds is 3. The van der Waals surface area contributed by atoms with Gasteiger partial charge in [0.2, 0.25) is 5.91 Å². The highest BCUT2D eigenvalue weighted by molar-refractivity contribution is 5.85. The van der Waals surface area contributed by atoms with E-state index in [1.54, 1.807) is 0 Å². The molecule has 0 aromatic heterocycles. The Hall–Kier alpha value is -1.19. The molecule has 0 aromatic carbocycles. The summed E-state index contributed by atoms with van der Waals surface area (Å²) >= 11 is 0. The number of amides is 1. The number of aliphatic carboxylic acids is 1. The van der Waals surface area contributed by atoms with Crippen LogP contribution in [-0.4, -0.2) is 23.7 Å². The van der Waals surface area contributed by atoms with Crippen molar-refractivity contribution in [2.45, 2.75) is 13.3 Å². The third kappa shape index (κ3) is 2.96. The minimum Gasteiger partial charge on any atom is -0.481 e. The van der Waals surface area contributed by atoms with Crippen molar-refractivity contribution in [3.63, 3.8) is 0 Å². The number of nitrogens with zero attached hydrogens (tertiary/aromatic N) is 1. The van der Waals surface area contributed by atoms with Gasteiger partial charge in [0.15, 0.2) is 0 Å². The largest absolute Gasteiger partial charge is 0.481 e. The maximum absolute atomic E-state index is 10.6. The van der Waals surface area contributed by atoms with Crippen molar-refractivity contribution in [3.8, 4) is 0 Å². The highest BCUT2D eigenvalue weighted by atomic mass is 16.4. The Bertz CT molecular complexity index is 164. The van der Waals surface area contributed by atoms with Crippen molar-refractivity contribution >= 4 is 18.6 Å². The summed E-state index contributed by atoms with van der Waals surface area (Å²) in [4.78, 5) is 23.7. The fraction of sp³-hybridized carbons (Fsp3) is 0.500. The lowest BCUT2D eigenvalue weighted by molar-refractivity contribution is -0.140. The van der Waals surface area contributed by atoms with Crippen molar-refractivity contribution in [3.05, 3.63) is 0 Å². The predicted octanol–water partition coefficient (Wildman–Crippen LogP) is 0.324. The van der Waals surface area contributed by atoms with Crippen LogP contribution in [0.5, 0.6) is 0 Å². The van der Waals surface area contributed by atoms with Gasteiger partial charge in [-0.05, 0) is 6.72 Å². The van der Waals surface area contributed by atoms with E-state index >= 15 is 0 Å². The van der Waals surface area contributed by atoms with Crippen LogP contribution in [0.4, 0.5) is 0 Å². The molecule has 1 unspecified atom stereocenters. The Balaban J connectivity index is 3.84. The second-order valence-corrected chi connectivity index (χ2v) is 2.00. The molecule has 56 valence electrons. The van der Waals surface area contributed by atoms with E-state index in [1.165, 1.54) is 6.92 Å². The van der Waals surface area contributed by atoms with Gasteiger partial charge < -0.3 is 5.11 Å². The van der Waals surface area contributed by atoms with Gasteiger partial charge in [-0.3, -0.25) is 9.59 Å². The molecule has 0 aliphatic rings. The molecule has 4 heteroatoms.